The Bertz CT molecular complexity index is 888. The molecule has 6 heteroatoms. The van der Waals surface area contributed by atoms with Gasteiger partial charge in [0.15, 0.2) is 5.13 Å². The van der Waals surface area contributed by atoms with Crippen LogP contribution in [0.4, 0.5) is 5.13 Å². The van der Waals surface area contributed by atoms with Gasteiger partial charge in [-0.15, -0.1) is 11.8 Å². The molecule has 148 valence electrons. The van der Waals surface area contributed by atoms with E-state index in [4.69, 9.17) is 4.98 Å². The van der Waals surface area contributed by atoms with Crippen LogP contribution in [0.25, 0.3) is 10.2 Å². The molecule has 3 rings (SSSR count). The predicted octanol–water partition coefficient (Wildman–Crippen LogP) is 5.40. The number of benzene rings is 2. The second-order valence-electron chi connectivity index (χ2n) is 6.38. The van der Waals surface area contributed by atoms with Crippen LogP contribution in [0.3, 0.4) is 0 Å². The van der Waals surface area contributed by atoms with Gasteiger partial charge in [0, 0.05) is 18.0 Å². The van der Waals surface area contributed by atoms with E-state index in [1.807, 2.05) is 47.4 Å². The largest absolute Gasteiger partial charge is 0.302 e. The molecule has 0 aliphatic carbocycles. The number of likely N-dealkylation sites (N-methyl/N-ethyl adjacent to an activating group) is 1. The summed E-state index contributed by atoms with van der Waals surface area (Å²) in [6, 6.07) is 16.0. The van der Waals surface area contributed by atoms with Crippen molar-refractivity contribution in [3.63, 3.8) is 0 Å². The van der Waals surface area contributed by atoms with Crippen molar-refractivity contribution in [1.82, 2.24) is 9.88 Å². The van der Waals surface area contributed by atoms with E-state index in [1.165, 1.54) is 0 Å². The first kappa shape index (κ1) is 20.8. The topological polar surface area (TPSA) is 36.4 Å². The molecule has 0 saturated carbocycles. The van der Waals surface area contributed by atoms with Crippen LogP contribution in [0.1, 0.15) is 31.1 Å². The van der Waals surface area contributed by atoms with E-state index in [-0.39, 0.29) is 5.91 Å². The molecule has 0 saturated heterocycles. The number of thiazole rings is 1. The molecular weight excluding hydrogens is 386 g/mol. The van der Waals surface area contributed by atoms with E-state index in [0.717, 1.165) is 51.2 Å². The van der Waals surface area contributed by atoms with Gasteiger partial charge >= 0.3 is 0 Å². The Hall–Kier alpha value is -1.89. The molecule has 0 unspecified atom stereocenters. The smallest absolute Gasteiger partial charge is 0.261 e. The highest BCUT2D eigenvalue weighted by atomic mass is 32.2. The molecule has 0 aliphatic heterocycles. The Labute approximate surface area is 175 Å². The quantitative estimate of drug-likeness (QED) is 0.440. The average molecular weight is 414 g/mol. The third-order valence-electron chi connectivity index (χ3n) is 4.71. The maximum absolute atomic E-state index is 13.6. The molecule has 1 aromatic heterocycles. The summed E-state index contributed by atoms with van der Waals surface area (Å²) in [4.78, 5) is 23.6. The molecule has 28 heavy (non-hydrogen) atoms. The molecule has 3 aromatic rings. The fraction of sp³-hybridized carbons (Fsp3) is 0.364. The number of carbonyl (C=O) groups excluding carboxylic acids is 1. The number of anilines is 1. The summed E-state index contributed by atoms with van der Waals surface area (Å²) in [5.74, 6) is 0.966. The third kappa shape index (κ3) is 4.74. The highest BCUT2D eigenvalue weighted by Crippen LogP contribution is 2.31. The van der Waals surface area contributed by atoms with E-state index in [1.54, 1.807) is 23.1 Å². The summed E-state index contributed by atoms with van der Waals surface area (Å²) in [6.07, 6.45) is 0. The standard InChI is InChI=1S/C22H27N3OS2/c1-4-24(5-2)15-16-25(22-23-18-12-8-10-14-20(18)28-22)21(26)17-11-7-9-13-19(17)27-6-3/h7-14H,4-6,15-16H2,1-3H3. The molecule has 0 bridgehead atoms. The summed E-state index contributed by atoms with van der Waals surface area (Å²) >= 11 is 3.29. The van der Waals surface area contributed by atoms with Gasteiger partial charge in [-0.25, -0.2) is 4.98 Å². The van der Waals surface area contributed by atoms with Crippen molar-refractivity contribution in [1.29, 1.82) is 0 Å². The highest BCUT2D eigenvalue weighted by Gasteiger charge is 2.23. The number of rotatable bonds is 9. The lowest BCUT2D eigenvalue weighted by molar-refractivity contribution is 0.0981. The van der Waals surface area contributed by atoms with Crippen LogP contribution in [0.2, 0.25) is 0 Å². The molecule has 1 heterocycles. The number of hydrogen-bond donors (Lipinski definition) is 0. The van der Waals surface area contributed by atoms with Gasteiger partial charge in [0.1, 0.15) is 0 Å². The molecule has 4 nitrogen and oxygen atoms in total. The van der Waals surface area contributed by atoms with E-state index in [2.05, 4.69) is 31.7 Å². The number of carbonyl (C=O) groups is 1. The van der Waals surface area contributed by atoms with E-state index in [9.17, 15) is 4.79 Å². The minimum Gasteiger partial charge on any atom is -0.302 e. The minimum atomic E-state index is 0.0303. The zero-order chi connectivity index (χ0) is 19.9. The summed E-state index contributed by atoms with van der Waals surface area (Å²) in [7, 11) is 0. The van der Waals surface area contributed by atoms with Crippen LogP contribution in [0.5, 0.6) is 0 Å². The Morgan fingerprint density at radius 2 is 1.71 bits per heavy atom. The van der Waals surface area contributed by atoms with Crippen molar-refractivity contribution in [3.05, 3.63) is 54.1 Å². The van der Waals surface area contributed by atoms with Crippen LogP contribution >= 0.6 is 23.1 Å². The van der Waals surface area contributed by atoms with Gasteiger partial charge < -0.3 is 4.90 Å². The number of nitrogens with zero attached hydrogens (tertiary/aromatic N) is 3. The Balaban J connectivity index is 1.96. The molecule has 2 aromatic carbocycles. The molecule has 0 aliphatic rings. The van der Waals surface area contributed by atoms with Crippen LogP contribution in [0, 0.1) is 0 Å². The first-order valence-corrected chi connectivity index (χ1v) is 11.6. The zero-order valence-electron chi connectivity index (χ0n) is 16.7. The highest BCUT2D eigenvalue weighted by molar-refractivity contribution is 7.99. The van der Waals surface area contributed by atoms with Gasteiger partial charge in [-0.2, -0.15) is 0 Å². The zero-order valence-corrected chi connectivity index (χ0v) is 18.4. The van der Waals surface area contributed by atoms with Gasteiger partial charge in [-0.05, 0) is 43.1 Å². The number of amides is 1. The van der Waals surface area contributed by atoms with Gasteiger partial charge in [0.05, 0.1) is 15.8 Å². The summed E-state index contributed by atoms with van der Waals surface area (Å²) in [6.45, 7) is 9.82. The lowest BCUT2D eigenvalue weighted by atomic mass is 10.2. The summed E-state index contributed by atoms with van der Waals surface area (Å²) < 4.78 is 1.11. The molecule has 0 radical (unpaired) electrons. The number of aromatic nitrogens is 1. The first-order valence-electron chi connectivity index (χ1n) is 9.79. The molecular formula is C22H27N3OS2. The van der Waals surface area contributed by atoms with Crippen LogP contribution in [0.15, 0.2) is 53.4 Å². The fourth-order valence-electron chi connectivity index (χ4n) is 3.11. The monoisotopic (exact) mass is 413 g/mol. The minimum absolute atomic E-state index is 0.0303. The number of thioether (sulfide) groups is 1. The number of para-hydroxylation sites is 1. The maximum atomic E-state index is 13.6. The first-order chi connectivity index (χ1) is 13.7. The van der Waals surface area contributed by atoms with Gasteiger partial charge in [-0.3, -0.25) is 9.69 Å². The van der Waals surface area contributed by atoms with Gasteiger partial charge in [-0.1, -0.05) is 56.4 Å². The van der Waals surface area contributed by atoms with Gasteiger partial charge in [0.2, 0.25) is 0 Å². The molecule has 0 fully saturated rings. The molecule has 0 atom stereocenters. The predicted molar refractivity (Wildman–Crippen MR) is 122 cm³/mol. The molecule has 0 N–H and O–H groups in total. The van der Waals surface area contributed by atoms with E-state index >= 15 is 0 Å². The van der Waals surface area contributed by atoms with Crippen molar-refractivity contribution < 1.29 is 4.79 Å². The van der Waals surface area contributed by atoms with Crippen LogP contribution < -0.4 is 4.90 Å². The molecule has 0 spiro atoms. The second kappa shape index (κ2) is 10.0. The van der Waals surface area contributed by atoms with Crippen LogP contribution in [-0.2, 0) is 0 Å². The second-order valence-corrected chi connectivity index (χ2v) is 8.69. The van der Waals surface area contributed by atoms with E-state index < -0.39 is 0 Å². The van der Waals surface area contributed by atoms with Gasteiger partial charge in [0.25, 0.3) is 5.91 Å². The lowest BCUT2D eigenvalue weighted by Gasteiger charge is -2.25. The van der Waals surface area contributed by atoms with E-state index in [0.29, 0.717) is 6.54 Å². The number of hydrogen-bond acceptors (Lipinski definition) is 5. The van der Waals surface area contributed by atoms with Crippen molar-refractivity contribution in [2.45, 2.75) is 25.7 Å². The normalized spacial score (nSPS) is 11.3. The number of fused-ring (bicyclic) bond motifs is 1. The summed E-state index contributed by atoms with van der Waals surface area (Å²) in [5.41, 5.74) is 1.70. The van der Waals surface area contributed by atoms with Crippen molar-refractivity contribution in [3.8, 4) is 0 Å². The van der Waals surface area contributed by atoms with Crippen molar-refractivity contribution in [2.24, 2.45) is 0 Å². The SMILES string of the molecule is CCSc1ccccc1C(=O)N(CCN(CC)CC)c1nc2ccccc2s1. The maximum Gasteiger partial charge on any atom is 0.261 e. The fourth-order valence-corrected chi connectivity index (χ4v) is 4.90. The van der Waals surface area contributed by atoms with Crippen molar-refractivity contribution >= 4 is 44.4 Å². The lowest BCUT2D eigenvalue weighted by Crippen LogP contribution is -2.39. The Morgan fingerprint density at radius 3 is 2.43 bits per heavy atom. The summed E-state index contributed by atoms with van der Waals surface area (Å²) in [5, 5.41) is 0.773. The van der Waals surface area contributed by atoms with Crippen LogP contribution in [-0.4, -0.2) is 47.7 Å². The Kier molecular flexibility index (Phi) is 7.48. The third-order valence-corrected chi connectivity index (χ3v) is 6.73. The van der Waals surface area contributed by atoms with Crippen molar-refractivity contribution in [2.75, 3.05) is 36.8 Å². The Morgan fingerprint density at radius 1 is 1.00 bits per heavy atom. The average Bonchev–Trinajstić information content (AvgIpc) is 3.15. The molecule has 1 amide bonds.